The first kappa shape index (κ1) is 12.3. The number of benzene rings is 1. The summed E-state index contributed by atoms with van der Waals surface area (Å²) in [5.41, 5.74) is 1.29. The molecule has 1 fully saturated rings. The third kappa shape index (κ3) is 4.31. The van der Waals surface area contributed by atoms with Crippen LogP contribution in [0.3, 0.4) is 0 Å². The standard InChI is InChI=1S/C15H21NO/c17-15-10-6-2-5-9-14(11-15)16-12-13-7-3-1-4-8-13/h1,3-4,7-8,14,16H,2,5-6,9-12H2. The van der Waals surface area contributed by atoms with Crippen LogP contribution in [0.5, 0.6) is 0 Å². The molecule has 0 heterocycles. The third-order valence-electron chi connectivity index (χ3n) is 3.42. The quantitative estimate of drug-likeness (QED) is 0.866. The Hall–Kier alpha value is -1.15. The molecule has 0 radical (unpaired) electrons. The molecule has 0 aliphatic heterocycles. The zero-order chi connectivity index (χ0) is 11.9. The summed E-state index contributed by atoms with van der Waals surface area (Å²) in [6, 6.07) is 10.8. The second kappa shape index (κ2) is 6.55. The lowest BCUT2D eigenvalue weighted by molar-refractivity contribution is -0.120. The minimum absolute atomic E-state index is 0.378. The minimum atomic E-state index is 0.378. The highest BCUT2D eigenvalue weighted by Gasteiger charge is 2.15. The van der Waals surface area contributed by atoms with Crippen LogP contribution in [0.25, 0.3) is 0 Å². The van der Waals surface area contributed by atoms with Gasteiger partial charge in [0.15, 0.2) is 0 Å². The smallest absolute Gasteiger partial charge is 0.134 e. The van der Waals surface area contributed by atoms with Crippen molar-refractivity contribution in [1.82, 2.24) is 5.32 Å². The molecule has 1 N–H and O–H groups in total. The molecular weight excluding hydrogens is 210 g/mol. The second-order valence-corrected chi connectivity index (χ2v) is 4.91. The molecule has 0 spiro atoms. The maximum Gasteiger partial charge on any atom is 0.134 e. The maximum absolute atomic E-state index is 11.6. The summed E-state index contributed by atoms with van der Waals surface area (Å²) < 4.78 is 0. The molecular formula is C15H21NO. The Kier molecular flexibility index (Phi) is 4.75. The lowest BCUT2D eigenvalue weighted by Crippen LogP contribution is -2.31. The number of Topliss-reactive ketones (excluding diaryl/α,β-unsaturated/α-hetero) is 1. The Morgan fingerprint density at radius 2 is 1.94 bits per heavy atom. The molecule has 17 heavy (non-hydrogen) atoms. The van der Waals surface area contributed by atoms with Crippen LogP contribution < -0.4 is 5.32 Å². The topological polar surface area (TPSA) is 29.1 Å². The zero-order valence-corrected chi connectivity index (χ0v) is 10.3. The van der Waals surface area contributed by atoms with Crippen molar-refractivity contribution in [1.29, 1.82) is 0 Å². The number of carbonyl (C=O) groups is 1. The summed E-state index contributed by atoms with van der Waals surface area (Å²) in [5, 5.41) is 3.52. The highest BCUT2D eigenvalue weighted by molar-refractivity contribution is 5.79. The third-order valence-corrected chi connectivity index (χ3v) is 3.42. The van der Waals surface area contributed by atoms with Gasteiger partial charge in [-0.15, -0.1) is 0 Å². The van der Waals surface area contributed by atoms with Crippen LogP contribution in [-0.2, 0) is 11.3 Å². The molecule has 2 rings (SSSR count). The van der Waals surface area contributed by atoms with Gasteiger partial charge in [-0.2, -0.15) is 0 Å². The van der Waals surface area contributed by atoms with Crippen molar-refractivity contribution in [2.45, 2.75) is 51.1 Å². The number of hydrogen-bond donors (Lipinski definition) is 1. The number of carbonyl (C=O) groups excluding carboxylic acids is 1. The van der Waals surface area contributed by atoms with E-state index in [9.17, 15) is 4.79 Å². The van der Waals surface area contributed by atoms with Crippen molar-refractivity contribution in [3.05, 3.63) is 35.9 Å². The van der Waals surface area contributed by atoms with Crippen molar-refractivity contribution >= 4 is 5.78 Å². The first-order valence-corrected chi connectivity index (χ1v) is 6.63. The molecule has 1 aromatic carbocycles. The first-order valence-electron chi connectivity index (χ1n) is 6.63. The first-order chi connectivity index (χ1) is 8.34. The Bertz CT molecular complexity index is 347. The molecule has 0 saturated heterocycles. The number of ketones is 1. The van der Waals surface area contributed by atoms with Gasteiger partial charge >= 0.3 is 0 Å². The predicted molar refractivity (Wildman–Crippen MR) is 69.8 cm³/mol. The Labute approximate surface area is 103 Å². The summed E-state index contributed by atoms with van der Waals surface area (Å²) in [6.45, 7) is 0.874. The van der Waals surface area contributed by atoms with Gasteiger partial charge in [-0.3, -0.25) is 4.79 Å². The molecule has 1 saturated carbocycles. The van der Waals surface area contributed by atoms with E-state index in [4.69, 9.17) is 0 Å². The number of hydrogen-bond acceptors (Lipinski definition) is 2. The minimum Gasteiger partial charge on any atom is -0.309 e. The fraction of sp³-hybridized carbons (Fsp3) is 0.533. The van der Waals surface area contributed by atoms with Gasteiger partial charge in [-0.05, 0) is 18.4 Å². The maximum atomic E-state index is 11.6. The van der Waals surface area contributed by atoms with Gasteiger partial charge in [0.2, 0.25) is 0 Å². The van der Waals surface area contributed by atoms with Gasteiger partial charge in [-0.1, -0.05) is 43.2 Å². The average molecular weight is 231 g/mol. The average Bonchev–Trinajstić information content (AvgIpc) is 2.33. The van der Waals surface area contributed by atoms with E-state index in [0.29, 0.717) is 18.2 Å². The zero-order valence-electron chi connectivity index (χ0n) is 10.3. The Morgan fingerprint density at radius 1 is 1.12 bits per heavy atom. The van der Waals surface area contributed by atoms with E-state index in [0.717, 1.165) is 25.8 Å². The van der Waals surface area contributed by atoms with E-state index in [1.807, 2.05) is 6.07 Å². The fourth-order valence-electron chi connectivity index (χ4n) is 2.40. The van der Waals surface area contributed by atoms with Crippen molar-refractivity contribution < 1.29 is 4.79 Å². The summed E-state index contributed by atoms with van der Waals surface area (Å²) in [7, 11) is 0. The van der Waals surface area contributed by atoms with Crippen LogP contribution in [0.2, 0.25) is 0 Å². The molecule has 0 aromatic heterocycles. The van der Waals surface area contributed by atoms with Crippen LogP contribution in [0, 0.1) is 0 Å². The lowest BCUT2D eigenvalue weighted by atomic mass is 9.95. The normalized spacial score (nSPS) is 21.9. The largest absolute Gasteiger partial charge is 0.309 e. The fourth-order valence-corrected chi connectivity index (χ4v) is 2.40. The monoisotopic (exact) mass is 231 g/mol. The van der Waals surface area contributed by atoms with Crippen LogP contribution >= 0.6 is 0 Å². The van der Waals surface area contributed by atoms with Gasteiger partial charge < -0.3 is 5.32 Å². The lowest BCUT2D eigenvalue weighted by Gasteiger charge is -2.20. The SMILES string of the molecule is O=C1CCCCCC(NCc2ccccc2)C1. The van der Waals surface area contributed by atoms with Gasteiger partial charge in [0.05, 0.1) is 0 Å². The van der Waals surface area contributed by atoms with E-state index in [-0.39, 0.29) is 0 Å². The van der Waals surface area contributed by atoms with E-state index in [1.54, 1.807) is 0 Å². The van der Waals surface area contributed by atoms with E-state index in [2.05, 4.69) is 29.6 Å². The predicted octanol–water partition coefficient (Wildman–Crippen LogP) is 3.07. The molecule has 1 atom stereocenters. The molecule has 0 amide bonds. The molecule has 1 aliphatic rings. The molecule has 2 nitrogen and oxygen atoms in total. The van der Waals surface area contributed by atoms with Gasteiger partial charge in [0.1, 0.15) is 5.78 Å². The van der Waals surface area contributed by atoms with E-state index >= 15 is 0 Å². The molecule has 92 valence electrons. The van der Waals surface area contributed by atoms with Gasteiger partial charge in [-0.25, -0.2) is 0 Å². The second-order valence-electron chi connectivity index (χ2n) is 4.91. The number of nitrogens with one attached hydrogen (secondary N) is 1. The van der Waals surface area contributed by atoms with Gasteiger partial charge in [0, 0.05) is 25.4 Å². The molecule has 2 heteroatoms. The highest BCUT2D eigenvalue weighted by atomic mass is 16.1. The summed E-state index contributed by atoms with van der Waals surface area (Å²) >= 11 is 0. The van der Waals surface area contributed by atoms with E-state index < -0.39 is 0 Å². The van der Waals surface area contributed by atoms with Crippen molar-refractivity contribution in [3.63, 3.8) is 0 Å². The van der Waals surface area contributed by atoms with Crippen LogP contribution in [0.4, 0.5) is 0 Å². The molecule has 1 unspecified atom stereocenters. The van der Waals surface area contributed by atoms with Gasteiger partial charge in [0.25, 0.3) is 0 Å². The van der Waals surface area contributed by atoms with Crippen molar-refractivity contribution in [2.75, 3.05) is 0 Å². The Morgan fingerprint density at radius 3 is 2.76 bits per heavy atom. The molecule has 1 aromatic rings. The highest BCUT2D eigenvalue weighted by Crippen LogP contribution is 2.15. The van der Waals surface area contributed by atoms with E-state index in [1.165, 1.54) is 18.4 Å². The van der Waals surface area contributed by atoms with Crippen LogP contribution in [-0.4, -0.2) is 11.8 Å². The van der Waals surface area contributed by atoms with Crippen molar-refractivity contribution in [3.8, 4) is 0 Å². The summed E-state index contributed by atoms with van der Waals surface area (Å²) in [4.78, 5) is 11.6. The van der Waals surface area contributed by atoms with Crippen molar-refractivity contribution in [2.24, 2.45) is 0 Å². The van der Waals surface area contributed by atoms with Crippen LogP contribution in [0.15, 0.2) is 30.3 Å². The number of rotatable bonds is 3. The molecule has 0 bridgehead atoms. The molecule has 1 aliphatic carbocycles. The Balaban J connectivity index is 1.82. The summed E-state index contributed by atoms with van der Waals surface area (Å²) in [5.74, 6) is 0.426. The van der Waals surface area contributed by atoms with Crippen LogP contribution in [0.1, 0.15) is 44.1 Å². The summed E-state index contributed by atoms with van der Waals surface area (Å²) in [6.07, 6.45) is 6.17.